The summed E-state index contributed by atoms with van der Waals surface area (Å²) in [7, 11) is 3.14. The standard InChI is InChI=1S/C18H20ClN5O2/c1-21-15-14(16(25)22(2)18(21)26)24(11-12-6-5-7-13(19)10-12)17(20-15)23-8-3-4-9-23/h5-7,10H,3-4,8-9,11H2,1-2H3. The summed E-state index contributed by atoms with van der Waals surface area (Å²) in [4.78, 5) is 32.0. The fourth-order valence-corrected chi connectivity index (χ4v) is 3.77. The highest BCUT2D eigenvalue weighted by Crippen LogP contribution is 2.25. The molecule has 0 bridgehead atoms. The fourth-order valence-electron chi connectivity index (χ4n) is 3.56. The van der Waals surface area contributed by atoms with Crippen LogP contribution in [0.25, 0.3) is 11.2 Å². The number of hydrogen-bond donors (Lipinski definition) is 0. The Morgan fingerprint density at radius 3 is 2.54 bits per heavy atom. The normalized spacial score (nSPS) is 14.5. The van der Waals surface area contributed by atoms with Gasteiger partial charge < -0.3 is 4.90 Å². The van der Waals surface area contributed by atoms with Crippen LogP contribution in [0.15, 0.2) is 33.9 Å². The molecule has 1 aromatic carbocycles. The van der Waals surface area contributed by atoms with Crippen molar-refractivity contribution in [2.24, 2.45) is 14.1 Å². The van der Waals surface area contributed by atoms with Gasteiger partial charge in [0.25, 0.3) is 5.56 Å². The van der Waals surface area contributed by atoms with E-state index in [1.165, 1.54) is 11.6 Å². The van der Waals surface area contributed by atoms with E-state index in [1.807, 2.05) is 28.8 Å². The van der Waals surface area contributed by atoms with Crippen molar-refractivity contribution in [2.45, 2.75) is 19.4 Å². The summed E-state index contributed by atoms with van der Waals surface area (Å²) in [6.45, 7) is 2.26. The summed E-state index contributed by atoms with van der Waals surface area (Å²) in [5.41, 5.74) is 1.14. The molecule has 7 nitrogen and oxygen atoms in total. The zero-order valence-electron chi connectivity index (χ0n) is 14.8. The molecule has 1 fully saturated rings. The fraction of sp³-hybridized carbons (Fsp3) is 0.389. The van der Waals surface area contributed by atoms with E-state index in [0.717, 1.165) is 42.0 Å². The van der Waals surface area contributed by atoms with Gasteiger partial charge in [0.2, 0.25) is 5.95 Å². The van der Waals surface area contributed by atoms with Crippen molar-refractivity contribution in [1.82, 2.24) is 18.7 Å². The van der Waals surface area contributed by atoms with E-state index in [4.69, 9.17) is 11.6 Å². The Balaban J connectivity index is 1.99. The van der Waals surface area contributed by atoms with Gasteiger partial charge in [0.05, 0.1) is 6.54 Å². The van der Waals surface area contributed by atoms with Gasteiger partial charge >= 0.3 is 5.69 Å². The van der Waals surface area contributed by atoms with Crippen molar-refractivity contribution in [3.05, 3.63) is 55.7 Å². The first-order valence-corrected chi connectivity index (χ1v) is 9.01. The summed E-state index contributed by atoms with van der Waals surface area (Å²) in [6, 6.07) is 7.56. The Morgan fingerprint density at radius 2 is 1.85 bits per heavy atom. The summed E-state index contributed by atoms with van der Waals surface area (Å²) >= 11 is 6.13. The Kier molecular flexibility index (Phi) is 4.11. The molecule has 26 heavy (non-hydrogen) atoms. The van der Waals surface area contributed by atoms with Crippen LogP contribution in [0.3, 0.4) is 0 Å². The number of halogens is 1. The molecule has 1 aliphatic rings. The van der Waals surface area contributed by atoms with Gasteiger partial charge in [-0.05, 0) is 30.5 Å². The van der Waals surface area contributed by atoms with E-state index < -0.39 is 0 Å². The minimum Gasteiger partial charge on any atom is -0.342 e. The number of aromatic nitrogens is 4. The van der Waals surface area contributed by atoms with Gasteiger partial charge in [-0.2, -0.15) is 4.98 Å². The lowest BCUT2D eigenvalue weighted by molar-refractivity contribution is 0.701. The number of anilines is 1. The van der Waals surface area contributed by atoms with Gasteiger partial charge in [0.1, 0.15) is 0 Å². The number of hydrogen-bond acceptors (Lipinski definition) is 4. The van der Waals surface area contributed by atoms with Crippen LogP contribution in [-0.4, -0.2) is 31.8 Å². The van der Waals surface area contributed by atoms with Gasteiger partial charge in [-0.1, -0.05) is 23.7 Å². The molecule has 1 aliphatic heterocycles. The highest BCUT2D eigenvalue weighted by atomic mass is 35.5. The van der Waals surface area contributed by atoms with Crippen molar-refractivity contribution >= 4 is 28.7 Å². The number of imidazole rings is 1. The van der Waals surface area contributed by atoms with Crippen LogP contribution in [0.5, 0.6) is 0 Å². The first-order valence-electron chi connectivity index (χ1n) is 8.63. The van der Waals surface area contributed by atoms with Crippen molar-refractivity contribution < 1.29 is 0 Å². The zero-order valence-corrected chi connectivity index (χ0v) is 15.5. The third-order valence-electron chi connectivity index (χ3n) is 4.95. The number of benzene rings is 1. The second kappa shape index (κ2) is 6.32. The van der Waals surface area contributed by atoms with Crippen LogP contribution in [0.2, 0.25) is 5.02 Å². The topological polar surface area (TPSA) is 65.1 Å². The third-order valence-corrected chi connectivity index (χ3v) is 5.18. The molecule has 4 rings (SSSR count). The van der Waals surface area contributed by atoms with E-state index in [-0.39, 0.29) is 11.2 Å². The largest absolute Gasteiger partial charge is 0.342 e. The Labute approximate surface area is 155 Å². The molecule has 0 saturated carbocycles. The lowest BCUT2D eigenvalue weighted by Crippen LogP contribution is -2.37. The molecular formula is C18H20ClN5O2. The first-order chi connectivity index (χ1) is 12.5. The molecule has 8 heteroatoms. The number of aryl methyl sites for hydroxylation is 1. The second-order valence-corrected chi connectivity index (χ2v) is 7.14. The summed E-state index contributed by atoms with van der Waals surface area (Å²) in [6.07, 6.45) is 2.19. The maximum atomic E-state index is 12.9. The molecule has 136 valence electrons. The zero-order chi connectivity index (χ0) is 18.4. The van der Waals surface area contributed by atoms with Crippen LogP contribution in [0.1, 0.15) is 18.4 Å². The predicted molar refractivity (Wildman–Crippen MR) is 102 cm³/mol. The predicted octanol–water partition coefficient (Wildman–Crippen LogP) is 1.74. The van der Waals surface area contributed by atoms with Crippen LogP contribution in [0.4, 0.5) is 5.95 Å². The van der Waals surface area contributed by atoms with Crippen molar-refractivity contribution in [1.29, 1.82) is 0 Å². The van der Waals surface area contributed by atoms with E-state index in [1.54, 1.807) is 7.05 Å². The molecule has 0 atom stereocenters. The molecule has 1 saturated heterocycles. The molecule has 0 N–H and O–H groups in total. The molecule has 3 heterocycles. The van der Waals surface area contributed by atoms with Gasteiger partial charge in [-0.3, -0.25) is 18.5 Å². The lowest BCUT2D eigenvalue weighted by atomic mass is 10.2. The van der Waals surface area contributed by atoms with E-state index in [9.17, 15) is 9.59 Å². The molecule has 2 aromatic heterocycles. The highest BCUT2D eigenvalue weighted by Gasteiger charge is 2.24. The summed E-state index contributed by atoms with van der Waals surface area (Å²) in [5, 5.41) is 0.648. The smallest absolute Gasteiger partial charge is 0.332 e. The summed E-state index contributed by atoms with van der Waals surface area (Å²) < 4.78 is 4.48. The average Bonchev–Trinajstić information content (AvgIpc) is 3.26. The lowest BCUT2D eigenvalue weighted by Gasteiger charge is -2.18. The highest BCUT2D eigenvalue weighted by molar-refractivity contribution is 6.30. The molecule has 0 spiro atoms. The van der Waals surface area contributed by atoms with Gasteiger partial charge in [-0.15, -0.1) is 0 Å². The molecule has 0 amide bonds. The summed E-state index contributed by atoms with van der Waals surface area (Å²) in [5.74, 6) is 0.732. The van der Waals surface area contributed by atoms with Crippen LogP contribution in [0, 0.1) is 0 Å². The van der Waals surface area contributed by atoms with Crippen LogP contribution >= 0.6 is 11.6 Å². The van der Waals surface area contributed by atoms with E-state index in [0.29, 0.717) is 22.7 Å². The average molecular weight is 374 g/mol. The second-order valence-electron chi connectivity index (χ2n) is 6.70. The Bertz CT molecular complexity index is 1110. The maximum absolute atomic E-state index is 12.9. The van der Waals surface area contributed by atoms with E-state index >= 15 is 0 Å². The number of fused-ring (bicyclic) bond motifs is 1. The minimum atomic E-state index is -0.372. The first kappa shape index (κ1) is 16.9. The monoisotopic (exact) mass is 373 g/mol. The maximum Gasteiger partial charge on any atom is 0.332 e. The molecule has 0 aliphatic carbocycles. The SMILES string of the molecule is Cn1c(=O)c2c(nc(N3CCCC3)n2Cc2cccc(Cl)c2)n(C)c1=O. The quantitative estimate of drug-likeness (QED) is 0.701. The van der Waals surface area contributed by atoms with Crippen molar-refractivity contribution in [3.8, 4) is 0 Å². The minimum absolute atomic E-state index is 0.330. The van der Waals surface area contributed by atoms with Crippen molar-refractivity contribution in [3.63, 3.8) is 0 Å². The van der Waals surface area contributed by atoms with Crippen molar-refractivity contribution in [2.75, 3.05) is 18.0 Å². The van der Waals surface area contributed by atoms with Gasteiger partial charge in [0, 0.05) is 32.2 Å². The Hall–Kier alpha value is -2.54. The Morgan fingerprint density at radius 1 is 1.12 bits per heavy atom. The number of nitrogens with zero attached hydrogens (tertiary/aromatic N) is 5. The van der Waals surface area contributed by atoms with Crippen LogP contribution in [-0.2, 0) is 20.6 Å². The molecular weight excluding hydrogens is 354 g/mol. The van der Waals surface area contributed by atoms with Gasteiger partial charge in [-0.25, -0.2) is 4.79 Å². The molecule has 0 radical (unpaired) electrons. The van der Waals surface area contributed by atoms with Gasteiger partial charge in [0.15, 0.2) is 11.2 Å². The molecule has 3 aromatic rings. The molecule has 0 unspecified atom stereocenters. The third kappa shape index (κ3) is 2.63. The van der Waals surface area contributed by atoms with Crippen LogP contribution < -0.4 is 16.1 Å². The van der Waals surface area contributed by atoms with E-state index in [2.05, 4.69) is 9.88 Å². The number of rotatable bonds is 3.